The van der Waals surface area contributed by atoms with E-state index in [0.717, 1.165) is 50.5 Å². The number of carbonyl (C=O) groups is 1. The van der Waals surface area contributed by atoms with Crippen molar-refractivity contribution in [3.05, 3.63) is 60.4 Å². The minimum absolute atomic E-state index is 0.314. The third kappa shape index (κ3) is 9.21. The van der Waals surface area contributed by atoms with Crippen LogP contribution in [-0.4, -0.2) is 81.9 Å². The van der Waals surface area contributed by atoms with E-state index in [0.29, 0.717) is 52.1 Å². The number of likely N-dealkylation sites (N-methyl/N-ethyl adjacent to an activating group) is 2. The third-order valence-corrected chi connectivity index (χ3v) is 7.30. The lowest BCUT2D eigenvalue weighted by molar-refractivity contribution is -0.111. The Balaban J connectivity index is 1.49. The first-order chi connectivity index (χ1) is 20.7. The van der Waals surface area contributed by atoms with Gasteiger partial charge < -0.3 is 40.0 Å². The van der Waals surface area contributed by atoms with Gasteiger partial charge in [-0.2, -0.15) is 0 Å². The van der Waals surface area contributed by atoms with Crippen LogP contribution >= 0.6 is 11.6 Å². The van der Waals surface area contributed by atoms with Crippen LogP contribution in [0, 0.1) is 5.92 Å². The number of ether oxygens (including phenoxy) is 3. The number of hydrogen-bond donors (Lipinski definition) is 3. The number of rotatable bonds is 14. The molecule has 3 N–H and O–H groups in total. The molecule has 2 aromatic carbocycles. The van der Waals surface area contributed by atoms with Crippen molar-refractivity contribution < 1.29 is 19.0 Å². The van der Waals surface area contributed by atoms with E-state index in [1.165, 1.54) is 12.4 Å². The van der Waals surface area contributed by atoms with Crippen LogP contribution in [0.2, 0.25) is 5.02 Å². The molecule has 12 heteroatoms. The number of aromatic nitrogens is 2. The Morgan fingerprint density at radius 2 is 1.79 bits per heavy atom. The maximum Gasteiger partial charge on any atom is 0.247 e. The van der Waals surface area contributed by atoms with E-state index >= 15 is 0 Å². The van der Waals surface area contributed by atoms with Crippen molar-refractivity contribution in [2.45, 2.75) is 12.8 Å². The molecule has 0 aliphatic carbocycles. The van der Waals surface area contributed by atoms with E-state index in [-0.39, 0.29) is 5.91 Å². The van der Waals surface area contributed by atoms with Gasteiger partial charge in [0.05, 0.1) is 35.8 Å². The number of halogens is 1. The zero-order chi connectivity index (χ0) is 30.8. The van der Waals surface area contributed by atoms with Gasteiger partial charge in [-0.05, 0) is 63.2 Å². The number of benzene rings is 2. The van der Waals surface area contributed by atoms with Crippen LogP contribution in [0.15, 0.2) is 55.4 Å². The summed E-state index contributed by atoms with van der Waals surface area (Å²) in [6, 6.07) is 11.0. The quantitative estimate of drug-likeness (QED) is 0.201. The molecule has 1 amide bonds. The number of nitrogens with one attached hydrogen (secondary N) is 3. The highest BCUT2D eigenvalue weighted by molar-refractivity contribution is 6.32. The Morgan fingerprint density at radius 3 is 2.47 bits per heavy atom. The van der Waals surface area contributed by atoms with Crippen LogP contribution in [0.25, 0.3) is 0 Å². The summed E-state index contributed by atoms with van der Waals surface area (Å²) in [5.41, 5.74) is 2.78. The average Bonchev–Trinajstić information content (AvgIpc) is 3.00. The van der Waals surface area contributed by atoms with Crippen LogP contribution in [0.4, 0.5) is 34.4 Å². The molecule has 0 atom stereocenters. The Hall–Kier alpha value is -4.06. The Bertz CT molecular complexity index is 1400. The van der Waals surface area contributed by atoms with Gasteiger partial charge in [-0.3, -0.25) is 4.79 Å². The summed E-state index contributed by atoms with van der Waals surface area (Å²) in [4.78, 5) is 25.1. The SMILES string of the molecule is C=CC(=O)Nc1cc(Nc2cc(Nc3ccc(OCC4CCOCC4)c(Cl)c3)ncn2)c(OC)cc1N(C)CCN(C)C. The molecule has 1 aromatic heterocycles. The minimum Gasteiger partial charge on any atom is -0.494 e. The molecule has 1 aliphatic heterocycles. The van der Waals surface area contributed by atoms with E-state index in [9.17, 15) is 4.79 Å². The van der Waals surface area contributed by atoms with Crippen LogP contribution in [-0.2, 0) is 9.53 Å². The smallest absolute Gasteiger partial charge is 0.247 e. The molecular formula is C31H40ClN7O4. The Labute approximate surface area is 258 Å². The molecule has 1 fully saturated rings. The first-order valence-corrected chi connectivity index (χ1v) is 14.5. The van der Waals surface area contributed by atoms with E-state index in [1.807, 2.05) is 45.4 Å². The van der Waals surface area contributed by atoms with Crippen molar-refractivity contribution in [3.8, 4) is 11.5 Å². The van der Waals surface area contributed by atoms with Crippen molar-refractivity contribution in [3.63, 3.8) is 0 Å². The molecule has 2 heterocycles. The zero-order valence-electron chi connectivity index (χ0n) is 25.2. The number of anilines is 6. The zero-order valence-corrected chi connectivity index (χ0v) is 25.9. The molecular weight excluding hydrogens is 570 g/mol. The highest BCUT2D eigenvalue weighted by atomic mass is 35.5. The summed E-state index contributed by atoms with van der Waals surface area (Å²) >= 11 is 6.53. The third-order valence-electron chi connectivity index (χ3n) is 7.00. The molecule has 0 bridgehead atoms. The highest BCUT2D eigenvalue weighted by Crippen LogP contribution is 2.38. The summed E-state index contributed by atoms with van der Waals surface area (Å²) in [5.74, 6) is 2.47. The summed E-state index contributed by atoms with van der Waals surface area (Å²) < 4.78 is 17.1. The van der Waals surface area contributed by atoms with Crippen molar-refractivity contribution in [2.24, 2.45) is 5.92 Å². The van der Waals surface area contributed by atoms with Crippen LogP contribution in [0.3, 0.4) is 0 Å². The molecule has 1 saturated heterocycles. The Morgan fingerprint density at radius 1 is 1.05 bits per heavy atom. The number of amides is 1. The first-order valence-electron chi connectivity index (χ1n) is 14.1. The van der Waals surface area contributed by atoms with Gasteiger partial charge in [0.25, 0.3) is 0 Å². The van der Waals surface area contributed by atoms with Gasteiger partial charge in [0.15, 0.2) is 0 Å². The van der Waals surface area contributed by atoms with Crippen molar-refractivity contribution in [2.75, 3.05) is 82.0 Å². The Kier molecular flexibility index (Phi) is 11.4. The standard InChI is InChI=1S/C31H40ClN7O4/c1-6-31(40)37-24-16-25(28(41-5)17-26(24)39(4)12-11-38(2)3)36-30-18-29(33-20-34-30)35-22-7-8-27(23(32)15-22)43-19-21-9-13-42-14-10-21/h6-8,15-18,20-21H,1,9-14,19H2,2-5H3,(H,37,40)(H2,33,34,35,36). The second-order valence-electron chi connectivity index (χ2n) is 10.5. The molecule has 0 saturated carbocycles. The molecule has 0 unspecified atom stereocenters. The van der Waals surface area contributed by atoms with Gasteiger partial charge in [0.1, 0.15) is 29.5 Å². The van der Waals surface area contributed by atoms with Crippen molar-refractivity contribution in [1.29, 1.82) is 0 Å². The van der Waals surface area contributed by atoms with Gasteiger partial charge >= 0.3 is 0 Å². The molecule has 4 rings (SSSR count). The molecule has 0 radical (unpaired) electrons. The number of methoxy groups -OCH3 is 1. The monoisotopic (exact) mass is 609 g/mol. The molecule has 3 aromatic rings. The lowest BCUT2D eigenvalue weighted by Gasteiger charge is -2.26. The largest absolute Gasteiger partial charge is 0.494 e. The van der Waals surface area contributed by atoms with Gasteiger partial charge in [0, 0.05) is 51.2 Å². The topological polar surface area (TPSA) is 113 Å². The molecule has 0 spiro atoms. The maximum atomic E-state index is 12.3. The maximum absolute atomic E-state index is 12.3. The van der Waals surface area contributed by atoms with Crippen molar-refractivity contribution in [1.82, 2.24) is 14.9 Å². The van der Waals surface area contributed by atoms with Gasteiger partial charge in [-0.25, -0.2) is 9.97 Å². The minimum atomic E-state index is -0.314. The van der Waals surface area contributed by atoms with E-state index < -0.39 is 0 Å². The normalized spacial score (nSPS) is 13.3. The van der Waals surface area contributed by atoms with Crippen LogP contribution < -0.4 is 30.3 Å². The first kappa shape index (κ1) is 31.9. The van der Waals surface area contributed by atoms with E-state index in [1.54, 1.807) is 19.2 Å². The van der Waals surface area contributed by atoms with Gasteiger partial charge in [-0.1, -0.05) is 18.2 Å². The average molecular weight is 610 g/mol. The molecule has 230 valence electrons. The highest BCUT2D eigenvalue weighted by Gasteiger charge is 2.17. The summed E-state index contributed by atoms with van der Waals surface area (Å²) in [6.45, 7) is 7.33. The van der Waals surface area contributed by atoms with Gasteiger partial charge in [-0.15, -0.1) is 0 Å². The fourth-order valence-electron chi connectivity index (χ4n) is 4.50. The van der Waals surface area contributed by atoms with Crippen molar-refractivity contribution >= 4 is 51.9 Å². The fourth-order valence-corrected chi connectivity index (χ4v) is 4.74. The molecule has 43 heavy (non-hydrogen) atoms. The fraction of sp³-hybridized carbons (Fsp3) is 0.387. The molecule has 1 aliphatic rings. The van der Waals surface area contributed by atoms with E-state index in [2.05, 4.69) is 42.3 Å². The predicted molar refractivity (Wildman–Crippen MR) is 173 cm³/mol. The van der Waals surface area contributed by atoms with Crippen LogP contribution in [0.1, 0.15) is 12.8 Å². The second kappa shape index (κ2) is 15.4. The summed E-state index contributed by atoms with van der Waals surface area (Å²) in [6.07, 6.45) is 4.68. The lowest BCUT2D eigenvalue weighted by atomic mass is 10.0. The number of carbonyl (C=O) groups excluding carboxylic acids is 1. The second-order valence-corrected chi connectivity index (χ2v) is 10.9. The number of nitrogens with zero attached hydrogens (tertiary/aromatic N) is 4. The van der Waals surface area contributed by atoms with Gasteiger partial charge in [0.2, 0.25) is 5.91 Å². The summed E-state index contributed by atoms with van der Waals surface area (Å²) in [7, 11) is 7.59. The summed E-state index contributed by atoms with van der Waals surface area (Å²) in [5, 5.41) is 9.98. The molecule has 11 nitrogen and oxygen atoms in total. The lowest BCUT2D eigenvalue weighted by Crippen LogP contribution is -2.29. The van der Waals surface area contributed by atoms with E-state index in [4.69, 9.17) is 25.8 Å². The van der Waals surface area contributed by atoms with Crippen LogP contribution in [0.5, 0.6) is 11.5 Å². The predicted octanol–water partition coefficient (Wildman–Crippen LogP) is 5.55. The number of hydrogen-bond acceptors (Lipinski definition) is 10.